The van der Waals surface area contributed by atoms with Gasteiger partial charge in [-0.25, -0.2) is 0 Å². The van der Waals surface area contributed by atoms with Crippen molar-refractivity contribution in [3.8, 4) is 0 Å². The minimum atomic E-state index is -0.253. The highest BCUT2D eigenvalue weighted by Crippen LogP contribution is 2.33. The molecule has 0 atom stereocenters. The van der Waals surface area contributed by atoms with E-state index in [0.29, 0.717) is 9.28 Å². The molecule has 0 saturated heterocycles. The van der Waals surface area contributed by atoms with Crippen molar-refractivity contribution in [1.82, 2.24) is 0 Å². The molecule has 0 spiro atoms. The summed E-state index contributed by atoms with van der Waals surface area (Å²) in [5.41, 5.74) is 3.88. The molecule has 1 aliphatic rings. The molecule has 0 radical (unpaired) electrons. The summed E-state index contributed by atoms with van der Waals surface area (Å²) in [7, 11) is 0. The van der Waals surface area contributed by atoms with Gasteiger partial charge >= 0.3 is 0 Å². The van der Waals surface area contributed by atoms with Crippen molar-refractivity contribution in [2.75, 3.05) is 11.1 Å². The Morgan fingerprint density at radius 2 is 1.96 bits per heavy atom. The third-order valence-corrected chi connectivity index (χ3v) is 5.82. The number of nitrogens with zero attached hydrogens (tertiary/aromatic N) is 1. The van der Waals surface area contributed by atoms with E-state index in [4.69, 9.17) is 0 Å². The number of rotatable bonds is 4. The quantitative estimate of drug-likeness (QED) is 0.782. The molecule has 0 unspecified atom stereocenters. The molecule has 1 N–H and O–H groups in total. The first-order valence-electron chi connectivity index (χ1n) is 8.09. The molecule has 0 fully saturated rings. The summed E-state index contributed by atoms with van der Waals surface area (Å²) in [5, 5.41) is 2.91. The van der Waals surface area contributed by atoms with E-state index in [1.807, 2.05) is 68.5 Å². The van der Waals surface area contributed by atoms with E-state index in [2.05, 4.69) is 10.3 Å². The average molecular weight is 383 g/mol. The second-order valence-electron chi connectivity index (χ2n) is 5.86. The molecule has 2 aromatic carbocycles. The van der Waals surface area contributed by atoms with E-state index in [1.54, 1.807) is 0 Å². The molecule has 2 amide bonds. The molecule has 3 rings (SSSR count). The van der Waals surface area contributed by atoms with Crippen LogP contribution in [-0.2, 0) is 9.59 Å². The van der Waals surface area contributed by atoms with Gasteiger partial charge in [0.25, 0.3) is 5.91 Å². The van der Waals surface area contributed by atoms with Crippen LogP contribution in [0.5, 0.6) is 0 Å². The fourth-order valence-corrected chi connectivity index (χ4v) is 4.14. The first-order valence-corrected chi connectivity index (χ1v) is 9.89. The van der Waals surface area contributed by atoms with Gasteiger partial charge in [0, 0.05) is 5.69 Å². The number of aryl methyl sites for hydroxylation is 2. The van der Waals surface area contributed by atoms with Crippen LogP contribution >= 0.6 is 23.5 Å². The lowest BCUT2D eigenvalue weighted by Crippen LogP contribution is -2.15. The number of thioether (sulfide) groups is 2. The Morgan fingerprint density at radius 3 is 2.73 bits per heavy atom. The van der Waals surface area contributed by atoms with Gasteiger partial charge in [0.05, 0.1) is 10.7 Å². The van der Waals surface area contributed by atoms with Crippen molar-refractivity contribution in [2.24, 2.45) is 4.99 Å². The highest BCUT2D eigenvalue weighted by Gasteiger charge is 2.22. The molecule has 6 heteroatoms. The molecule has 0 aliphatic carbocycles. The Kier molecular flexibility index (Phi) is 5.96. The Bertz CT molecular complexity index is 905. The lowest BCUT2D eigenvalue weighted by atomic mass is 10.1. The summed E-state index contributed by atoms with van der Waals surface area (Å²) < 4.78 is 0.605. The summed E-state index contributed by atoms with van der Waals surface area (Å²) in [6, 6.07) is 15.6. The van der Waals surface area contributed by atoms with Gasteiger partial charge in [-0.3, -0.25) is 9.59 Å². The summed E-state index contributed by atoms with van der Waals surface area (Å²) >= 11 is 2.59. The zero-order valence-corrected chi connectivity index (χ0v) is 16.1. The summed E-state index contributed by atoms with van der Waals surface area (Å²) in [5.74, 6) is -0.151. The molecule has 26 heavy (non-hydrogen) atoms. The molecule has 2 aromatic rings. The van der Waals surface area contributed by atoms with Gasteiger partial charge in [0.1, 0.15) is 4.38 Å². The average Bonchev–Trinajstić information content (AvgIpc) is 2.97. The number of hydrogen-bond acceptors (Lipinski definition) is 4. The van der Waals surface area contributed by atoms with Crippen LogP contribution in [0.3, 0.4) is 0 Å². The fourth-order valence-electron chi connectivity index (χ4n) is 2.34. The van der Waals surface area contributed by atoms with Gasteiger partial charge in [-0.2, -0.15) is 4.99 Å². The summed E-state index contributed by atoms with van der Waals surface area (Å²) in [6.07, 6.45) is 1.82. The number of benzene rings is 2. The highest BCUT2D eigenvalue weighted by atomic mass is 32.2. The first-order chi connectivity index (χ1) is 12.5. The summed E-state index contributed by atoms with van der Waals surface area (Å²) in [6.45, 7) is 3.94. The third-order valence-electron chi connectivity index (χ3n) is 3.69. The lowest BCUT2D eigenvalue weighted by Gasteiger charge is -2.09. The van der Waals surface area contributed by atoms with Crippen molar-refractivity contribution in [1.29, 1.82) is 0 Å². The summed E-state index contributed by atoms with van der Waals surface area (Å²) in [4.78, 5) is 28.8. The van der Waals surface area contributed by atoms with E-state index < -0.39 is 0 Å². The minimum absolute atomic E-state index is 0.111. The molecule has 0 bridgehead atoms. The van der Waals surface area contributed by atoms with Gasteiger partial charge in [-0.1, -0.05) is 66.0 Å². The number of aliphatic imine (C=N–C) groups is 1. The van der Waals surface area contributed by atoms with Crippen LogP contribution in [0.15, 0.2) is 58.4 Å². The molecular formula is C20H18N2O2S2. The van der Waals surface area contributed by atoms with Crippen molar-refractivity contribution in [2.45, 2.75) is 13.8 Å². The van der Waals surface area contributed by atoms with Crippen LogP contribution in [0, 0.1) is 13.8 Å². The largest absolute Gasteiger partial charge is 0.325 e. The van der Waals surface area contributed by atoms with Gasteiger partial charge < -0.3 is 5.32 Å². The van der Waals surface area contributed by atoms with E-state index in [0.717, 1.165) is 22.4 Å². The Morgan fingerprint density at radius 1 is 1.19 bits per heavy atom. The predicted molar refractivity (Wildman–Crippen MR) is 111 cm³/mol. The normalized spacial score (nSPS) is 15.2. The third kappa shape index (κ3) is 4.86. The number of hydrogen-bond donors (Lipinski definition) is 1. The number of amides is 2. The molecule has 4 nitrogen and oxygen atoms in total. The molecule has 132 valence electrons. The number of carbonyl (C=O) groups is 2. The highest BCUT2D eigenvalue weighted by molar-refractivity contribution is 8.41. The minimum Gasteiger partial charge on any atom is -0.325 e. The van der Waals surface area contributed by atoms with Gasteiger partial charge in [-0.15, -0.1) is 0 Å². The van der Waals surface area contributed by atoms with Gasteiger partial charge in [0.15, 0.2) is 0 Å². The van der Waals surface area contributed by atoms with Crippen LogP contribution < -0.4 is 5.32 Å². The SMILES string of the molecule is Cc1ccc(C)c(NC(=O)CSC2=NC(=O)C(=Cc3ccccc3)S2)c1. The Balaban J connectivity index is 1.56. The maximum atomic E-state index is 12.2. The molecular weight excluding hydrogens is 364 g/mol. The van der Waals surface area contributed by atoms with Crippen LogP contribution in [-0.4, -0.2) is 21.9 Å². The molecule has 1 aliphatic heterocycles. The van der Waals surface area contributed by atoms with Crippen molar-refractivity contribution in [3.05, 3.63) is 70.1 Å². The zero-order chi connectivity index (χ0) is 18.5. The number of anilines is 1. The second-order valence-corrected chi connectivity index (χ2v) is 8.11. The second kappa shape index (κ2) is 8.38. The monoisotopic (exact) mass is 382 g/mol. The molecule has 1 heterocycles. The standard InChI is InChI=1S/C20H18N2O2S2/c1-13-8-9-14(2)16(10-13)21-18(23)12-25-20-22-19(24)17(26-20)11-15-6-4-3-5-7-15/h3-11H,12H2,1-2H3,(H,21,23). The van der Waals surface area contributed by atoms with Crippen LogP contribution in [0.2, 0.25) is 0 Å². The van der Waals surface area contributed by atoms with Crippen molar-refractivity contribution in [3.63, 3.8) is 0 Å². The van der Waals surface area contributed by atoms with Crippen LogP contribution in [0.4, 0.5) is 5.69 Å². The topological polar surface area (TPSA) is 58.5 Å². The lowest BCUT2D eigenvalue weighted by molar-refractivity contribution is -0.114. The predicted octanol–water partition coefficient (Wildman–Crippen LogP) is 4.65. The maximum Gasteiger partial charge on any atom is 0.285 e. The zero-order valence-electron chi connectivity index (χ0n) is 14.5. The Labute approximate surface area is 161 Å². The molecule has 0 saturated carbocycles. The first kappa shape index (κ1) is 18.5. The van der Waals surface area contributed by atoms with Crippen molar-refractivity contribution >= 4 is 51.5 Å². The van der Waals surface area contributed by atoms with Gasteiger partial charge in [-0.05, 0) is 42.7 Å². The van der Waals surface area contributed by atoms with E-state index >= 15 is 0 Å². The molecule has 0 aromatic heterocycles. The van der Waals surface area contributed by atoms with E-state index in [9.17, 15) is 9.59 Å². The smallest absolute Gasteiger partial charge is 0.285 e. The van der Waals surface area contributed by atoms with E-state index in [-0.39, 0.29) is 17.6 Å². The van der Waals surface area contributed by atoms with Crippen LogP contribution in [0.25, 0.3) is 6.08 Å². The fraction of sp³-hybridized carbons (Fsp3) is 0.150. The van der Waals surface area contributed by atoms with E-state index in [1.165, 1.54) is 23.5 Å². The van der Waals surface area contributed by atoms with Gasteiger partial charge in [0.2, 0.25) is 5.91 Å². The Hall–Kier alpha value is -2.31. The maximum absolute atomic E-state index is 12.2. The number of carbonyl (C=O) groups excluding carboxylic acids is 2. The van der Waals surface area contributed by atoms with Crippen molar-refractivity contribution < 1.29 is 9.59 Å². The van der Waals surface area contributed by atoms with Crippen LogP contribution in [0.1, 0.15) is 16.7 Å². The number of nitrogens with one attached hydrogen (secondary N) is 1.